The number of nitrogens with one attached hydrogen (secondary N) is 1. The van der Waals surface area contributed by atoms with E-state index >= 15 is 0 Å². The molecule has 0 saturated heterocycles. The number of rotatable bonds is 7. The van der Waals surface area contributed by atoms with Crippen molar-refractivity contribution >= 4 is 25.8 Å². The number of sulfonamides is 1. The summed E-state index contributed by atoms with van der Waals surface area (Å²) >= 11 is 0. The first-order chi connectivity index (χ1) is 9.09. The highest BCUT2D eigenvalue weighted by Gasteiger charge is 2.20. The lowest BCUT2D eigenvalue weighted by Gasteiger charge is -2.04. The van der Waals surface area contributed by atoms with Gasteiger partial charge < -0.3 is 9.67 Å². The Kier molecular flexibility index (Phi) is 4.95. The van der Waals surface area contributed by atoms with E-state index in [1.807, 2.05) is 0 Å². The van der Waals surface area contributed by atoms with E-state index in [4.69, 9.17) is 5.11 Å². The van der Waals surface area contributed by atoms with Crippen LogP contribution in [0.3, 0.4) is 0 Å². The maximum Gasteiger partial charge on any atom is 0.352 e. The number of carbonyl (C=O) groups is 1. The SMILES string of the molecule is CCS(=O)(=O)CCNS(=O)(=O)c1cc(C(=O)O)n(C)c1. The summed E-state index contributed by atoms with van der Waals surface area (Å²) in [5.74, 6) is -1.62. The fraction of sp³-hybridized carbons (Fsp3) is 0.500. The van der Waals surface area contributed by atoms with Crippen molar-refractivity contribution in [3.05, 3.63) is 18.0 Å². The highest BCUT2D eigenvalue weighted by atomic mass is 32.2. The predicted molar refractivity (Wildman–Crippen MR) is 71.9 cm³/mol. The highest BCUT2D eigenvalue weighted by Crippen LogP contribution is 2.13. The quantitative estimate of drug-likeness (QED) is 0.693. The van der Waals surface area contributed by atoms with Crippen molar-refractivity contribution in [3.8, 4) is 0 Å². The molecule has 0 aliphatic heterocycles. The number of aromatic nitrogens is 1. The Balaban J connectivity index is 2.85. The molecule has 0 fully saturated rings. The van der Waals surface area contributed by atoms with E-state index in [2.05, 4.69) is 4.72 Å². The molecule has 1 aromatic rings. The van der Waals surface area contributed by atoms with E-state index in [9.17, 15) is 21.6 Å². The lowest BCUT2D eigenvalue weighted by molar-refractivity contribution is 0.0686. The van der Waals surface area contributed by atoms with Gasteiger partial charge in [0.2, 0.25) is 10.0 Å². The van der Waals surface area contributed by atoms with Crippen molar-refractivity contribution in [3.63, 3.8) is 0 Å². The summed E-state index contributed by atoms with van der Waals surface area (Å²) in [7, 11) is -5.78. The van der Waals surface area contributed by atoms with Gasteiger partial charge in [0.15, 0.2) is 9.84 Å². The molecule has 0 saturated carbocycles. The third-order valence-electron chi connectivity index (χ3n) is 2.65. The summed E-state index contributed by atoms with van der Waals surface area (Å²) in [6, 6.07) is 1.01. The average molecular weight is 324 g/mol. The zero-order chi connectivity index (χ0) is 15.6. The van der Waals surface area contributed by atoms with Gasteiger partial charge in [0.25, 0.3) is 0 Å². The van der Waals surface area contributed by atoms with Crippen LogP contribution < -0.4 is 4.72 Å². The molecule has 10 heteroatoms. The van der Waals surface area contributed by atoms with Gasteiger partial charge in [0.05, 0.1) is 5.75 Å². The molecule has 0 bridgehead atoms. The first-order valence-electron chi connectivity index (χ1n) is 5.69. The van der Waals surface area contributed by atoms with E-state index < -0.39 is 25.8 Å². The fourth-order valence-electron chi connectivity index (χ4n) is 1.45. The number of hydrogen-bond acceptors (Lipinski definition) is 5. The van der Waals surface area contributed by atoms with Crippen molar-refractivity contribution in [2.75, 3.05) is 18.1 Å². The zero-order valence-corrected chi connectivity index (χ0v) is 12.7. The molecule has 1 heterocycles. The number of nitrogens with zero attached hydrogens (tertiary/aromatic N) is 1. The summed E-state index contributed by atoms with van der Waals surface area (Å²) in [4.78, 5) is 10.6. The van der Waals surface area contributed by atoms with Crippen molar-refractivity contribution in [2.24, 2.45) is 7.05 Å². The molecule has 0 unspecified atom stereocenters. The molecule has 0 aliphatic carbocycles. The third kappa shape index (κ3) is 4.05. The summed E-state index contributed by atoms with van der Waals surface area (Å²) in [6.45, 7) is 1.22. The average Bonchev–Trinajstić information content (AvgIpc) is 2.71. The maximum absolute atomic E-state index is 11.9. The van der Waals surface area contributed by atoms with Crippen LogP contribution in [0.1, 0.15) is 17.4 Å². The lowest BCUT2D eigenvalue weighted by atomic mass is 10.4. The minimum atomic E-state index is -3.92. The predicted octanol–water partition coefficient (Wildman–Crippen LogP) is -0.564. The minimum Gasteiger partial charge on any atom is -0.477 e. The molecule has 114 valence electrons. The van der Waals surface area contributed by atoms with E-state index in [0.29, 0.717) is 0 Å². The smallest absolute Gasteiger partial charge is 0.352 e. The standard InChI is InChI=1S/C10H16N2O6S2/c1-3-19(15,16)5-4-11-20(17,18)8-6-9(10(13)14)12(2)7-8/h6-7,11H,3-5H2,1-2H3,(H,13,14). The van der Waals surface area contributed by atoms with Crippen LogP contribution in [0.5, 0.6) is 0 Å². The number of aryl methyl sites for hydroxylation is 1. The molecule has 8 nitrogen and oxygen atoms in total. The molecule has 0 radical (unpaired) electrons. The maximum atomic E-state index is 11.9. The van der Waals surface area contributed by atoms with Gasteiger partial charge in [-0.1, -0.05) is 6.92 Å². The van der Waals surface area contributed by atoms with Crippen molar-refractivity contribution in [1.29, 1.82) is 0 Å². The summed E-state index contributed by atoms with van der Waals surface area (Å²) in [5, 5.41) is 8.84. The summed E-state index contributed by atoms with van der Waals surface area (Å²) < 4.78 is 49.6. The van der Waals surface area contributed by atoms with Gasteiger partial charge in [0.1, 0.15) is 10.6 Å². The number of carboxylic acids is 1. The van der Waals surface area contributed by atoms with Gasteiger partial charge in [-0.05, 0) is 6.07 Å². The molecule has 20 heavy (non-hydrogen) atoms. The molecular formula is C10H16N2O6S2. The van der Waals surface area contributed by atoms with Crippen LogP contribution in [0.4, 0.5) is 0 Å². The number of hydrogen-bond donors (Lipinski definition) is 2. The second kappa shape index (κ2) is 5.94. The fourth-order valence-corrected chi connectivity index (χ4v) is 3.39. The van der Waals surface area contributed by atoms with Crippen molar-refractivity contribution < 1.29 is 26.7 Å². The topological polar surface area (TPSA) is 123 Å². The van der Waals surface area contributed by atoms with Crippen LogP contribution in [0.25, 0.3) is 0 Å². The van der Waals surface area contributed by atoms with Gasteiger partial charge in [-0.3, -0.25) is 0 Å². The second-order valence-electron chi connectivity index (χ2n) is 4.11. The van der Waals surface area contributed by atoms with Gasteiger partial charge in [-0.2, -0.15) is 0 Å². The molecule has 0 atom stereocenters. The molecule has 1 rings (SSSR count). The van der Waals surface area contributed by atoms with Crippen LogP contribution in [0, 0.1) is 0 Å². The molecule has 0 spiro atoms. The van der Waals surface area contributed by atoms with Gasteiger partial charge in [-0.25, -0.2) is 26.4 Å². The van der Waals surface area contributed by atoms with Gasteiger partial charge >= 0.3 is 5.97 Å². The van der Waals surface area contributed by atoms with E-state index in [1.54, 1.807) is 0 Å². The van der Waals surface area contributed by atoms with Gasteiger partial charge in [-0.15, -0.1) is 0 Å². The van der Waals surface area contributed by atoms with Crippen LogP contribution >= 0.6 is 0 Å². The monoisotopic (exact) mass is 324 g/mol. The van der Waals surface area contributed by atoms with Crippen LogP contribution in [0.2, 0.25) is 0 Å². The molecule has 2 N–H and O–H groups in total. The number of sulfone groups is 1. The van der Waals surface area contributed by atoms with Crippen LogP contribution in [0.15, 0.2) is 17.2 Å². The van der Waals surface area contributed by atoms with Crippen LogP contribution in [-0.4, -0.2) is 50.5 Å². The Bertz CT molecular complexity index is 702. The Hall–Kier alpha value is -1.39. The zero-order valence-electron chi connectivity index (χ0n) is 11.0. The Morgan fingerprint density at radius 1 is 1.35 bits per heavy atom. The molecular weight excluding hydrogens is 308 g/mol. The van der Waals surface area contributed by atoms with E-state index in [-0.39, 0.29) is 28.6 Å². The van der Waals surface area contributed by atoms with E-state index in [1.165, 1.54) is 18.5 Å². The Morgan fingerprint density at radius 3 is 2.40 bits per heavy atom. The highest BCUT2D eigenvalue weighted by molar-refractivity contribution is 7.91. The minimum absolute atomic E-state index is 0.0662. The molecule has 0 amide bonds. The summed E-state index contributed by atoms with van der Waals surface area (Å²) in [5.41, 5.74) is -0.174. The first-order valence-corrected chi connectivity index (χ1v) is 8.99. The van der Waals surface area contributed by atoms with Crippen LogP contribution in [-0.2, 0) is 26.9 Å². The Morgan fingerprint density at radius 2 is 1.95 bits per heavy atom. The van der Waals surface area contributed by atoms with E-state index in [0.717, 1.165) is 12.3 Å². The van der Waals surface area contributed by atoms with Crippen molar-refractivity contribution in [1.82, 2.24) is 9.29 Å². The van der Waals surface area contributed by atoms with Gasteiger partial charge in [0, 0.05) is 25.5 Å². The molecule has 1 aromatic heterocycles. The lowest BCUT2D eigenvalue weighted by Crippen LogP contribution is -2.29. The number of aromatic carboxylic acids is 1. The normalized spacial score (nSPS) is 12.5. The second-order valence-corrected chi connectivity index (χ2v) is 8.35. The number of carboxylic acid groups (broad SMARTS) is 1. The molecule has 0 aliphatic rings. The van der Waals surface area contributed by atoms with Crippen molar-refractivity contribution in [2.45, 2.75) is 11.8 Å². The Labute approximate surface area is 117 Å². The first kappa shape index (κ1) is 16.7. The molecule has 0 aromatic carbocycles. The third-order valence-corrected chi connectivity index (χ3v) is 5.79. The summed E-state index contributed by atoms with van der Waals surface area (Å²) in [6.07, 6.45) is 1.15. The largest absolute Gasteiger partial charge is 0.477 e.